The molecule has 0 fully saturated rings. The third-order valence-corrected chi connectivity index (χ3v) is 2.58. The highest BCUT2D eigenvalue weighted by Gasteiger charge is 2.08. The molecular weight excluding hydrogens is 233 g/mol. The summed E-state index contributed by atoms with van der Waals surface area (Å²) in [7, 11) is 0. The summed E-state index contributed by atoms with van der Waals surface area (Å²) >= 11 is 11.9. The fourth-order valence-electron chi connectivity index (χ4n) is 1.24. The van der Waals surface area contributed by atoms with Crippen LogP contribution in [0.5, 0.6) is 5.75 Å². The maximum atomic E-state index is 5.96. The zero-order valence-electron chi connectivity index (χ0n) is 8.72. The lowest BCUT2D eigenvalue weighted by Gasteiger charge is -2.10. The number of rotatable bonds is 5. The summed E-state index contributed by atoms with van der Waals surface area (Å²) < 4.78 is 5.51. The summed E-state index contributed by atoms with van der Waals surface area (Å²) in [6.07, 6.45) is 3.31. The van der Waals surface area contributed by atoms with Crippen molar-refractivity contribution >= 4 is 28.9 Å². The van der Waals surface area contributed by atoms with Crippen LogP contribution in [0.3, 0.4) is 0 Å². The molecule has 0 amide bonds. The van der Waals surface area contributed by atoms with Crippen LogP contribution in [0.1, 0.15) is 26.2 Å². The van der Waals surface area contributed by atoms with Gasteiger partial charge in [0.1, 0.15) is 0 Å². The van der Waals surface area contributed by atoms with Crippen LogP contribution < -0.4 is 10.5 Å². The molecule has 0 aliphatic carbocycles. The molecule has 0 saturated heterocycles. The first-order valence-corrected chi connectivity index (χ1v) is 5.78. The van der Waals surface area contributed by atoms with Crippen LogP contribution >= 0.6 is 23.2 Å². The first-order chi connectivity index (χ1) is 7.15. The van der Waals surface area contributed by atoms with Crippen molar-refractivity contribution in [2.24, 2.45) is 0 Å². The van der Waals surface area contributed by atoms with Crippen molar-refractivity contribution < 1.29 is 4.74 Å². The predicted molar refractivity (Wildman–Crippen MR) is 65.9 cm³/mol. The highest BCUT2D eigenvalue weighted by atomic mass is 35.5. The standard InChI is InChI=1S/C11H15Cl2NO/c1-2-3-4-5-15-11-9(12)6-8(14)7-10(11)13/h6-7H,2-5,14H2,1H3. The van der Waals surface area contributed by atoms with Crippen molar-refractivity contribution in [1.82, 2.24) is 0 Å². The van der Waals surface area contributed by atoms with Gasteiger partial charge in [-0.05, 0) is 18.6 Å². The van der Waals surface area contributed by atoms with E-state index in [1.54, 1.807) is 12.1 Å². The van der Waals surface area contributed by atoms with Crippen LogP contribution in [0.15, 0.2) is 12.1 Å². The molecule has 84 valence electrons. The Morgan fingerprint density at radius 3 is 2.33 bits per heavy atom. The second kappa shape index (κ2) is 6.09. The Bertz CT molecular complexity index is 305. The Kier molecular flexibility index (Phi) is 5.06. The fourth-order valence-corrected chi connectivity index (χ4v) is 1.86. The smallest absolute Gasteiger partial charge is 0.156 e. The molecule has 0 saturated carbocycles. The molecular formula is C11H15Cl2NO. The highest BCUT2D eigenvalue weighted by molar-refractivity contribution is 6.37. The van der Waals surface area contributed by atoms with Crippen molar-refractivity contribution in [2.45, 2.75) is 26.2 Å². The van der Waals surface area contributed by atoms with E-state index in [-0.39, 0.29) is 0 Å². The molecule has 0 aliphatic rings. The summed E-state index contributed by atoms with van der Waals surface area (Å²) in [6, 6.07) is 3.28. The minimum atomic E-state index is 0.469. The molecule has 1 aromatic carbocycles. The van der Waals surface area contributed by atoms with Gasteiger partial charge >= 0.3 is 0 Å². The summed E-state index contributed by atoms with van der Waals surface area (Å²) in [5, 5.41) is 0.938. The van der Waals surface area contributed by atoms with E-state index in [9.17, 15) is 0 Å². The second-order valence-electron chi connectivity index (χ2n) is 3.37. The molecule has 0 heterocycles. The Labute approximate surface area is 100 Å². The Morgan fingerprint density at radius 1 is 1.20 bits per heavy atom. The number of nitrogen functional groups attached to an aromatic ring is 1. The van der Waals surface area contributed by atoms with Gasteiger partial charge in [0.05, 0.1) is 16.7 Å². The quantitative estimate of drug-likeness (QED) is 0.627. The zero-order chi connectivity index (χ0) is 11.3. The number of ether oxygens (including phenoxy) is 1. The van der Waals surface area contributed by atoms with Gasteiger partial charge in [0.2, 0.25) is 0 Å². The highest BCUT2D eigenvalue weighted by Crippen LogP contribution is 2.35. The molecule has 2 nitrogen and oxygen atoms in total. The molecule has 0 unspecified atom stereocenters. The number of halogens is 2. The van der Waals surface area contributed by atoms with Crippen LogP contribution in [-0.4, -0.2) is 6.61 Å². The summed E-state index contributed by atoms with van der Waals surface area (Å²) in [4.78, 5) is 0. The van der Waals surface area contributed by atoms with Gasteiger partial charge in [-0.15, -0.1) is 0 Å². The van der Waals surface area contributed by atoms with E-state index in [0.717, 1.165) is 19.3 Å². The van der Waals surface area contributed by atoms with E-state index in [2.05, 4.69) is 6.92 Å². The van der Waals surface area contributed by atoms with E-state index in [1.807, 2.05) is 0 Å². The third kappa shape index (κ3) is 3.80. The lowest BCUT2D eigenvalue weighted by atomic mass is 10.2. The zero-order valence-corrected chi connectivity index (χ0v) is 10.2. The molecule has 4 heteroatoms. The van der Waals surface area contributed by atoms with Gasteiger partial charge in [0, 0.05) is 5.69 Å². The molecule has 0 aliphatic heterocycles. The van der Waals surface area contributed by atoms with Crippen molar-refractivity contribution in [3.05, 3.63) is 22.2 Å². The van der Waals surface area contributed by atoms with Gasteiger partial charge in [-0.3, -0.25) is 0 Å². The maximum Gasteiger partial charge on any atom is 0.156 e. The van der Waals surface area contributed by atoms with Crippen LogP contribution in [0.2, 0.25) is 10.0 Å². The Balaban J connectivity index is 2.60. The van der Waals surface area contributed by atoms with Crippen LogP contribution in [0, 0.1) is 0 Å². The molecule has 1 aromatic rings. The van der Waals surface area contributed by atoms with Gasteiger partial charge in [0.15, 0.2) is 5.75 Å². The fraction of sp³-hybridized carbons (Fsp3) is 0.455. The number of nitrogens with two attached hydrogens (primary N) is 1. The lowest BCUT2D eigenvalue weighted by molar-refractivity contribution is 0.306. The Morgan fingerprint density at radius 2 is 1.80 bits per heavy atom. The Hall–Kier alpha value is -0.600. The summed E-state index contributed by atoms with van der Waals surface area (Å²) in [5.74, 6) is 0.531. The van der Waals surface area contributed by atoms with Gasteiger partial charge in [-0.2, -0.15) is 0 Å². The molecule has 0 radical (unpaired) electrons. The topological polar surface area (TPSA) is 35.2 Å². The normalized spacial score (nSPS) is 10.3. The number of benzene rings is 1. The second-order valence-corrected chi connectivity index (χ2v) is 4.18. The van der Waals surface area contributed by atoms with E-state index >= 15 is 0 Å². The van der Waals surface area contributed by atoms with Crippen molar-refractivity contribution in [3.63, 3.8) is 0 Å². The van der Waals surface area contributed by atoms with Gasteiger partial charge in [0.25, 0.3) is 0 Å². The van der Waals surface area contributed by atoms with Crippen molar-refractivity contribution in [3.8, 4) is 5.75 Å². The molecule has 15 heavy (non-hydrogen) atoms. The number of hydrogen-bond acceptors (Lipinski definition) is 2. The van der Waals surface area contributed by atoms with E-state index < -0.39 is 0 Å². The summed E-state index contributed by atoms with van der Waals surface area (Å²) in [6.45, 7) is 2.78. The largest absolute Gasteiger partial charge is 0.490 e. The molecule has 0 spiro atoms. The van der Waals surface area contributed by atoms with Crippen LogP contribution in [0.4, 0.5) is 5.69 Å². The maximum absolute atomic E-state index is 5.96. The number of anilines is 1. The molecule has 2 N–H and O–H groups in total. The third-order valence-electron chi connectivity index (χ3n) is 2.01. The molecule has 0 aromatic heterocycles. The molecule has 1 rings (SSSR count). The minimum Gasteiger partial charge on any atom is -0.490 e. The van der Waals surface area contributed by atoms with E-state index in [0.29, 0.717) is 28.1 Å². The van der Waals surface area contributed by atoms with E-state index in [4.69, 9.17) is 33.7 Å². The van der Waals surface area contributed by atoms with Gasteiger partial charge in [-0.1, -0.05) is 43.0 Å². The first-order valence-electron chi connectivity index (χ1n) is 5.02. The van der Waals surface area contributed by atoms with Crippen LogP contribution in [0.25, 0.3) is 0 Å². The SMILES string of the molecule is CCCCCOc1c(Cl)cc(N)cc1Cl. The average Bonchev–Trinajstić information content (AvgIpc) is 2.15. The van der Waals surface area contributed by atoms with Gasteiger partial charge < -0.3 is 10.5 Å². The monoisotopic (exact) mass is 247 g/mol. The number of unbranched alkanes of at least 4 members (excludes halogenated alkanes) is 2. The predicted octanol–water partition coefficient (Wildman–Crippen LogP) is 4.14. The van der Waals surface area contributed by atoms with Crippen molar-refractivity contribution in [1.29, 1.82) is 0 Å². The molecule has 0 bridgehead atoms. The lowest BCUT2D eigenvalue weighted by Crippen LogP contribution is -1.99. The van der Waals surface area contributed by atoms with Crippen LogP contribution in [-0.2, 0) is 0 Å². The van der Waals surface area contributed by atoms with E-state index in [1.165, 1.54) is 0 Å². The first kappa shape index (κ1) is 12.5. The summed E-state index contributed by atoms with van der Waals surface area (Å²) in [5.41, 5.74) is 6.13. The van der Waals surface area contributed by atoms with Gasteiger partial charge in [-0.25, -0.2) is 0 Å². The molecule has 0 atom stereocenters. The van der Waals surface area contributed by atoms with Crippen molar-refractivity contribution in [2.75, 3.05) is 12.3 Å². The minimum absolute atomic E-state index is 0.469. The average molecular weight is 248 g/mol. The number of hydrogen-bond donors (Lipinski definition) is 1.